The van der Waals surface area contributed by atoms with E-state index in [1.165, 1.54) is 0 Å². The van der Waals surface area contributed by atoms with Crippen molar-refractivity contribution in [3.05, 3.63) is 0 Å². The topological polar surface area (TPSA) is 105 Å². The first kappa shape index (κ1) is 20.2. The fourth-order valence-electron chi connectivity index (χ4n) is 10.0. The van der Waals surface area contributed by atoms with Crippen molar-refractivity contribution in [3.63, 3.8) is 0 Å². The zero-order valence-corrected chi connectivity index (χ0v) is 18.6. The van der Waals surface area contributed by atoms with Gasteiger partial charge in [-0.25, -0.2) is 0 Å². The van der Waals surface area contributed by atoms with Crippen LogP contribution in [0.5, 0.6) is 0 Å². The molecule has 32 heavy (non-hydrogen) atoms. The molecule has 1 heterocycles. The summed E-state index contributed by atoms with van der Waals surface area (Å²) in [6, 6.07) is 0. The van der Waals surface area contributed by atoms with Gasteiger partial charge in [0.1, 0.15) is 12.7 Å². The van der Waals surface area contributed by atoms with Crippen LogP contribution in [0.15, 0.2) is 0 Å². The zero-order valence-electron chi connectivity index (χ0n) is 18.6. The number of esters is 1. The van der Waals surface area contributed by atoms with E-state index in [9.17, 15) is 19.8 Å². The van der Waals surface area contributed by atoms with Crippen LogP contribution in [0.3, 0.4) is 0 Å². The van der Waals surface area contributed by atoms with E-state index in [1.807, 2.05) is 0 Å². The summed E-state index contributed by atoms with van der Waals surface area (Å²) in [5.74, 6) is -0.359. The van der Waals surface area contributed by atoms with Gasteiger partial charge in [-0.1, -0.05) is 0 Å². The minimum atomic E-state index is -0.910. The number of carboxylic acid groups (broad SMARTS) is 1. The molecule has 1 aliphatic heterocycles. The van der Waals surface area contributed by atoms with Crippen molar-refractivity contribution in [2.45, 2.75) is 88.1 Å². The number of carbonyl (C=O) groups is 2. The minimum Gasteiger partial charge on any atom is -0.550 e. The van der Waals surface area contributed by atoms with Crippen molar-refractivity contribution in [3.8, 4) is 0 Å². The first-order chi connectivity index (χ1) is 15.2. The van der Waals surface area contributed by atoms with Crippen LogP contribution >= 0.6 is 0 Å². The summed E-state index contributed by atoms with van der Waals surface area (Å²) < 4.78 is 18.6. The van der Waals surface area contributed by atoms with E-state index >= 15 is 0 Å². The smallest absolute Gasteiger partial charge is 0.312 e. The number of hydrogen-bond donors (Lipinski definition) is 1. The highest BCUT2D eigenvalue weighted by Crippen LogP contribution is 2.66. The van der Waals surface area contributed by atoms with Crippen molar-refractivity contribution in [2.24, 2.45) is 40.4 Å². The Morgan fingerprint density at radius 2 is 1.56 bits per heavy atom. The monoisotopic (exact) mass is 445 g/mol. The first-order valence-corrected chi connectivity index (χ1v) is 12.6. The second-order valence-corrected chi connectivity index (χ2v) is 12.7. The van der Waals surface area contributed by atoms with Crippen LogP contribution in [0.25, 0.3) is 0 Å². The van der Waals surface area contributed by atoms with Crippen molar-refractivity contribution < 1.29 is 34.0 Å². The molecule has 0 radical (unpaired) electrons. The molecule has 5 unspecified atom stereocenters. The van der Waals surface area contributed by atoms with Crippen LogP contribution in [0.1, 0.15) is 70.6 Å². The number of hydrogen-bond acceptors (Lipinski definition) is 7. The van der Waals surface area contributed by atoms with Gasteiger partial charge in [-0.05, 0) is 88.4 Å². The van der Waals surface area contributed by atoms with Crippen LogP contribution in [0.4, 0.5) is 0 Å². The zero-order chi connectivity index (χ0) is 21.9. The predicted octanol–water partition coefficient (Wildman–Crippen LogP) is 1.55. The molecule has 176 valence electrons. The molecule has 9 aliphatic rings. The number of carboxylic acids is 1. The van der Waals surface area contributed by atoms with Crippen molar-refractivity contribution in [2.75, 3.05) is 13.2 Å². The average molecular weight is 446 g/mol. The van der Waals surface area contributed by atoms with E-state index in [0.717, 1.165) is 51.4 Å². The minimum absolute atomic E-state index is 0.0738. The molecule has 1 N–H and O–H groups in total. The molecule has 8 bridgehead atoms. The summed E-state index contributed by atoms with van der Waals surface area (Å²) in [5, 5.41) is 22.9. The van der Waals surface area contributed by atoms with Gasteiger partial charge in [0.15, 0.2) is 5.79 Å². The predicted molar refractivity (Wildman–Crippen MR) is 108 cm³/mol. The number of rotatable bonds is 4. The summed E-state index contributed by atoms with van der Waals surface area (Å²) in [7, 11) is 0. The lowest BCUT2D eigenvalue weighted by atomic mass is 9.47. The highest BCUT2D eigenvalue weighted by Gasteiger charge is 2.67. The highest BCUT2D eigenvalue weighted by molar-refractivity contribution is 5.78. The summed E-state index contributed by atoms with van der Waals surface area (Å²) in [4.78, 5) is 25.1. The Morgan fingerprint density at radius 3 is 2.19 bits per heavy atom. The second kappa shape index (κ2) is 6.28. The third-order valence-corrected chi connectivity index (χ3v) is 10.5. The Balaban J connectivity index is 1.03. The maximum absolute atomic E-state index is 13.2. The van der Waals surface area contributed by atoms with Gasteiger partial charge in [0.2, 0.25) is 0 Å². The summed E-state index contributed by atoms with van der Waals surface area (Å²) in [6.07, 6.45) is 8.47. The molecule has 7 nitrogen and oxygen atoms in total. The molecular formula is C25H33O7-. The number of carbonyl (C=O) groups excluding carboxylic acids is 2. The van der Waals surface area contributed by atoms with E-state index in [1.54, 1.807) is 0 Å². The van der Waals surface area contributed by atoms with Crippen molar-refractivity contribution >= 4 is 11.9 Å². The van der Waals surface area contributed by atoms with Gasteiger partial charge >= 0.3 is 5.97 Å². The lowest BCUT2D eigenvalue weighted by Gasteiger charge is -2.63. The molecule has 7 heteroatoms. The molecule has 5 atom stereocenters. The van der Waals surface area contributed by atoms with Gasteiger partial charge < -0.3 is 29.2 Å². The third-order valence-electron chi connectivity index (χ3n) is 10.5. The van der Waals surface area contributed by atoms with E-state index in [2.05, 4.69) is 0 Å². The molecular weight excluding hydrogens is 412 g/mol. The van der Waals surface area contributed by atoms with Gasteiger partial charge in [-0.3, -0.25) is 4.79 Å². The second-order valence-electron chi connectivity index (χ2n) is 12.7. The van der Waals surface area contributed by atoms with Crippen molar-refractivity contribution in [1.29, 1.82) is 0 Å². The van der Waals surface area contributed by atoms with Crippen LogP contribution in [-0.4, -0.2) is 47.8 Å². The van der Waals surface area contributed by atoms with Crippen molar-refractivity contribution in [1.82, 2.24) is 0 Å². The van der Waals surface area contributed by atoms with Gasteiger partial charge in [-0.15, -0.1) is 0 Å². The maximum atomic E-state index is 13.2. The number of ether oxygens (including phenoxy) is 3. The molecule has 0 aromatic rings. The standard InChI is InChI=1S/C25H34O7/c26-20(27)22-4-14-2-17(9-22)25(18(3-14)10-22)31-12-19(32-25)11-30-21(28)23-5-15-1-16(6-23)8-24(29,7-15)13-23/h14-19,29H,1-13H2,(H,26,27)/p-1. The molecule has 0 amide bonds. The van der Waals surface area contributed by atoms with Crippen LogP contribution in [0.2, 0.25) is 0 Å². The van der Waals surface area contributed by atoms with Crippen LogP contribution in [-0.2, 0) is 23.8 Å². The van der Waals surface area contributed by atoms with Crippen LogP contribution in [0, 0.1) is 40.4 Å². The quantitative estimate of drug-likeness (QED) is 0.655. The molecule has 9 fully saturated rings. The van der Waals surface area contributed by atoms with Gasteiger partial charge in [0.05, 0.1) is 17.6 Å². The molecule has 8 saturated carbocycles. The largest absolute Gasteiger partial charge is 0.550 e. The lowest BCUT2D eigenvalue weighted by molar-refractivity contribution is -0.349. The average Bonchev–Trinajstić information content (AvgIpc) is 3.13. The van der Waals surface area contributed by atoms with Gasteiger partial charge in [-0.2, -0.15) is 0 Å². The number of aliphatic hydroxyl groups is 1. The van der Waals surface area contributed by atoms with Gasteiger partial charge in [0.25, 0.3) is 0 Å². The Kier molecular flexibility index (Phi) is 3.96. The fraction of sp³-hybridized carbons (Fsp3) is 0.920. The first-order valence-electron chi connectivity index (χ1n) is 12.6. The SMILES string of the molecule is O=C([O-])C12CC3CC(C1)C1(OCC(COC(=O)C45CC6CC(CC(O)(C6)C4)C5)O1)C(C3)C2. The Hall–Kier alpha value is -1.18. The van der Waals surface area contributed by atoms with E-state index in [-0.39, 0.29) is 30.5 Å². The number of aliphatic carboxylic acids is 1. The highest BCUT2D eigenvalue weighted by atomic mass is 16.8. The Bertz CT molecular complexity index is 836. The summed E-state index contributed by atoms with van der Waals surface area (Å²) in [6.45, 7) is 0.552. The summed E-state index contributed by atoms with van der Waals surface area (Å²) in [5.41, 5.74) is -1.92. The maximum Gasteiger partial charge on any atom is 0.312 e. The Labute approximate surface area is 188 Å². The third kappa shape index (κ3) is 2.65. The molecule has 9 rings (SSSR count). The van der Waals surface area contributed by atoms with E-state index in [0.29, 0.717) is 43.6 Å². The van der Waals surface area contributed by atoms with Crippen LogP contribution < -0.4 is 5.11 Å². The summed E-state index contributed by atoms with van der Waals surface area (Å²) >= 11 is 0. The molecule has 1 saturated heterocycles. The van der Waals surface area contributed by atoms with Gasteiger partial charge in [0, 0.05) is 23.2 Å². The fourth-order valence-corrected chi connectivity index (χ4v) is 10.0. The lowest BCUT2D eigenvalue weighted by Crippen LogP contribution is -2.65. The molecule has 1 spiro atoms. The molecule has 0 aromatic heterocycles. The molecule has 0 aromatic carbocycles. The molecule has 8 aliphatic carbocycles. The normalized spacial score (nSPS) is 56.8. The Morgan fingerprint density at radius 1 is 0.906 bits per heavy atom. The van der Waals surface area contributed by atoms with E-state index < -0.39 is 28.2 Å². The van der Waals surface area contributed by atoms with E-state index in [4.69, 9.17) is 14.2 Å².